The molecule has 126 valence electrons. The number of amides is 3. The second-order valence-electron chi connectivity index (χ2n) is 6.19. The van der Waals surface area contributed by atoms with Gasteiger partial charge < -0.3 is 19.5 Å². The minimum absolute atomic E-state index is 0.0000974. The summed E-state index contributed by atoms with van der Waals surface area (Å²) in [5.74, 6) is 0.0238. The third-order valence-electron chi connectivity index (χ3n) is 4.81. The Morgan fingerprint density at radius 2 is 1.96 bits per heavy atom. The number of fused-ring (bicyclic) bond motifs is 1. The molecule has 7 heteroatoms. The molecular formula is C17H18ClN3O3. The zero-order valence-corrected chi connectivity index (χ0v) is 13.9. The Hall–Kier alpha value is -2.21. The molecule has 1 aromatic heterocycles. The van der Waals surface area contributed by atoms with E-state index in [1.54, 1.807) is 11.0 Å². The van der Waals surface area contributed by atoms with Crippen molar-refractivity contribution in [2.75, 3.05) is 26.2 Å². The number of para-hydroxylation sites is 1. The van der Waals surface area contributed by atoms with Gasteiger partial charge in [0.2, 0.25) is 5.76 Å². The number of benzene rings is 1. The molecule has 4 rings (SSSR count). The van der Waals surface area contributed by atoms with Crippen LogP contribution in [0.2, 0.25) is 5.02 Å². The molecule has 0 saturated carbocycles. The van der Waals surface area contributed by atoms with Crippen LogP contribution in [0.15, 0.2) is 28.7 Å². The van der Waals surface area contributed by atoms with Gasteiger partial charge in [0.1, 0.15) is 5.58 Å². The summed E-state index contributed by atoms with van der Waals surface area (Å²) in [6, 6.07) is 7.56. The highest BCUT2D eigenvalue weighted by Gasteiger charge is 2.33. The predicted molar refractivity (Wildman–Crippen MR) is 90.3 cm³/mol. The van der Waals surface area contributed by atoms with Crippen LogP contribution in [0, 0.1) is 0 Å². The molecule has 2 fully saturated rings. The summed E-state index contributed by atoms with van der Waals surface area (Å²) in [5, 5.41) is 3.95. The first-order chi connectivity index (χ1) is 11.6. The summed E-state index contributed by atoms with van der Waals surface area (Å²) in [7, 11) is 0. The zero-order valence-electron chi connectivity index (χ0n) is 13.1. The van der Waals surface area contributed by atoms with Crippen molar-refractivity contribution in [3.05, 3.63) is 35.0 Å². The first-order valence-corrected chi connectivity index (χ1v) is 8.53. The lowest BCUT2D eigenvalue weighted by molar-refractivity contribution is 0.0637. The quantitative estimate of drug-likeness (QED) is 0.908. The Morgan fingerprint density at radius 3 is 2.62 bits per heavy atom. The van der Waals surface area contributed by atoms with E-state index in [2.05, 4.69) is 5.32 Å². The first kappa shape index (κ1) is 15.3. The third kappa shape index (κ3) is 2.51. The fraction of sp³-hybridized carbons (Fsp3) is 0.412. The van der Waals surface area contributed by atoms with Crippen LogP contribution >= 0.6 is 11.6 Å². The zero-order chi connectivity index (χ0) is 16.7. The SMILES string of the molecule is O=C(c1oc2ccccc2c1Cl)N1CCC(N2CCNC2=O)CC1. The van der Waals surface area contributed by atoms with Gasteiger partial charge in [-0.1, -0.05) is 23.7 Å². The molecule has 2 aliphatic heterocycles. The molecule has 2 aliphatic rings. The highest BCUT2D eigenvalue weighted by atomic mass is 35.5. The van der Waals surface area contributed by atoms with Gasteiger partial charge in [-0.15, -0.1) is 0 Å². The molecule has 6 nitrogen and oxygen atoms in total. The van der Waals surface area contributed by atoms with Crippen LogP contribution in [0.5, 0.6) is 0 Å². The van der Waals surface area contributed by atoms with E-state index in [-0.39, 0.29) is 23.7 Å². The number of nitrogens with one attached hydrogen (secondary N) is 1. The Labute approximate surface area is 144 Å². The van der Waals surface area contributed by atoms with E-state index < -0.39 is 0 Å². The highest BCUT2D eigenvalue weighted by molar-refractivity contribution is 6.38. The lowest BCUT2D eigenvalue weighted by Gasteiger charge is -2.35. The fourth-order valence-corrected chi connectivity index (χ4v) is 3.79. The molecule has 24 heavy (non-hydrogen) atoms. The number of hydrogen-bond donors (Lipinski definition) is 1. The van der Waals surface area contributed by atoms with Crippen molar-refractivity contribution in [1.29, 1.82) is 0 Å². The van der Waals surface area contributed by atoms with Gasteiger partial charge in [-0.25, -0.2) is 4.79 Å². The van der Waals surface area contributed by atoms with Crippen LogP contribution < -0.4 is 5.32 Å². The number of carbonyl (C=O) groups excluding carboxylic acids is 2. The monoisotopic (exact) mass is 347 g/mol. The van der Waals surface area contributed by atoms with Crippen molar-refractivity contribution in [2.24, 2.45) is 0 Å². The fourth-order valence-electron chi connectivity index (χ4n) is 3.51. The van der Waals surface area contributed by atoms with E-state index >= 15 is 0 Å². The molecule has 0 radical (unpaired) electrons. The molecule has 1 N–H and O–H groups in total. The highest BCUT2D eigenvalue weighted by Crippen LogP contribution is 2.32. The van der Waals surface area contributed by atoms with Crippen LogP contribution in [-0.2, 0) is 0 Å². The number of halogens is 1. The van der Waals surface area contributed by atoms with Gasteiger partial charge in [-0.2, -0.15) is 0 Å². The largest absolute Gasteiger partial charge is 0.449 e. The van der Waals surface area contributed by atoms with Crippen molar-refractivity contribution in [1.82, 2.24) is 15.1 Å². The minimum Gasteiger partial charge on any atom is -0.449 e. The second-order valence-corrected chi connectivity index (χ2v) is 6.57. The van der Waals surface area contributed by atoms with Gasteiger partial charge in [-0.3, -0.25) is 4.79 Å². The third-order valence-corrected chi connectivity index (χ3v) is 5.19. The summed E-state index contributed by atoms with van der Waals surface area (Å²) in [6.07, 6.45) is 1.55. The number of carbonyl (C=O) groups is 2. The molecule has 1 aromatic carbocycles. The lowest BCUT2D eigenvalue weighted by Crippen LogP contribution is -2.47. The van der Waals surface area contributed by atoms with E-state index in [0.29, 0.717) is 30.2 Å². The van der Waals surface area contributed by atoms with Gasteiger partial charge in [0.25, 0.3) is 5.91 Å². The van der Waals surface area contributed by atoms with E-state index in [1.807, 2.05) is 23.1 Å². The van der Waals surface area contributed by atoms with Crippen molar-refractivity contribution in [3.8, 4) is 0 Å². The maximum Gasteiger partial charge on any atom is 0.317 e. The summed E-state index contributed by atoms with van der Waals surface area (Å²) >= 11 is 6.32. The number of likely N-dealkylation sites (tertiary alicyclic amines) is 1. The van der Waals surface area contributed by atoms with Crippen LogP contribution in [0.4, 0.5) is 4.79 Å². The lowest BCUT2D eigenvalue weighted by atomic mass is 10.0. The van der Waals surface area contributed by atoms with Crippen LogP contribution in [0.3, 0.4) is 0 Å². The molecular weight excluding hydrogens is 330 g/mol. The molecule has 3 amide bonds. The predicted octanol–water partition coefficient (Wildman–Crippen LogP) is 2.72. The van der Waals surface area contributed by atoms with Crippen LogP contribution in [0.1, 0.15) is 23.4 Å². The van der Waals surface area contributed by atoms with Gasteiger partial charge >= 0.3 is 6.03 Å². The smallest absolute Gasteiger partial charge is 0.317 e. The molecule has 0 unspecified atom stereocenters. The number of furan rings is 1. The van der Waals surface area contributed by atoms with Gasteiger partial charge in [0, 0.05) is 37.6 Å². The molecule has 0 aliphatic carbocycles. The molecule has 2 saturated heterocycles. The standard InChI is InChI=1S/C17H18ClN3O3/c18-14-12-3-1-2-4-13(12)24-15(14)16(22)20-8-5-11(6-9-20)21-10-7-19-17(21)23/h1-4,11H,5-10H2,(H,19,23). The average Bonchev–Trinajstić information content (AvgIpc) is 3.18. The molecule has 3 heterocycles. The van der Waals surface area contributed by atoms with E-state index in [4.69, 9.17) is 16.0 Å². The molecule has 0 bridgehead atoms. The number of hydrogen-bond acceptors (Lipinski definition) is 3. The topological polar surface area (TPSA) is 65.8 Å². The van der Waals surface area contributed by atoms with Gasteiger partial charge in [0.15, 0.2) is 0 Å². The number of rotatable bonds is 2. The number of nitrogens with zero attached hydrogens (tertiary/aromatic N) is 2. The van der Waals surface area contributed by atoms with Gasteiger partial charge in [0.05, 0.1) is 5.02 Å². The normalized spacial score (nSPS) is 19.1. The van der Waals surface area contributed by atoms with Crippen LogP contribution in [-0.4, -0.2) is 54.0 Å². The maximum absolute atomic E-state index is 12.7. The second kappa shape index (κ2) is 6.02. The maximum atomic E-state index is 12.7. The first-order valence-electron chi connectivity index (χ1n) is 8.16. The van der Waals surface area contributed by atoms with E-state index in [0.717, 1.165) is 24.8 Å². The molecule has 2 aromatic rings. The number of urea groups is 1. The summed E-state index contributed by atoms with van der Waals surface area (Å²) in [5.41, 5.74) is 0.620. The van der Waals surface area contributed by atoms with Crippen molar-refractivity contribution in [3.63, 3.8) is 0 Å². The number of piperidine rings is 1. The summed E-state index contributed by atoms with van der Waals surface area (Å²) in [4.78, 5) is 28.1. The van der Waals surface area contributed by atoms with Crippen molar-refractivity contribution >= 4 is 34.5 Å². The summed E-state index contributed by atoms with van der Waals surface area (Å²) < 4.78 is 5.66. The molecule has 0 spiro atoms. The Bertz CT molecular complexity index is 795. The molecule has 0 atom stereocenters. The van der Waals surface area contributed by atoms with E-state index in [9.17, 15) is 9.59 Å². The summed E-state index contributed by atoms with van der Waals surface area (Å²) in [6.45, 7) is 2.64. The Kier molecular flexibility index (Phi) is 3.84. The minimum atomic E-state index is -0.180. The van der Waals surface area contributed by atoms with Crippen molar-refractivity contribution in [2.45, 2.75) is 18.9 Å². The average molecular weight is 348 g/mol. The van der Waals surface area contributed by atoms with Gasteiger partial charge in [-0.05, 0) is 25.0 Å². The Morgan fingerprint density at radius 1 is 1.21 bits per heavy atom. The van der Waals surface area contributed by atoms with E-state index in [1.165, 1.54) is 0 Å². The van der Waals surface area contributed by atoms with Crippen molar-refractivity contribution < 1.29 is 14.0 Å². The van der Waals surface area contributed by atoms with Crippen LogP contribution in [0.25, 0.3) is 11.0 Å². The Balaban J connectivity index is 1.47.